The lowest BCUT2D eigenvalue weighted by Gasteiger charge is -2.27. The van der Waals surface area contributed by atoms with Crippen LogP contribution in [0.1, 0.15) is 18.2 Å². The van der Waals surface area contributed by atoms with Crippen LogP contribution in [-0.2, 0) is 16.0 Å². The fourth-order valence-electron chi connectivity index (χ4n) is 3.74. The van der Waals surface area contributed by atoms with E-state index >= 15 is 0 Å². The molecule has 6 nitrogen and oxygen atoms in total. The number of amides is 2. The van der Waals surface area contributed by atoms with Gasteiger partial charge in [0.05, 0.1) is 7.11 Å². The number of carbonyl (C=O) groups excluding carboxylic acids is 2. The van der Waals surface area contributed by atoms with Gasteiger partial charge < -0.3 is 9.15 Å². The molecule has 0 fully saturated rings. The molecule has 2 amide bonds. The van der Waals surface area contributed by atoms with Crippen LogP contribution in [0, 0.1) is 11.3 Å². The summed E-state index contributed by atoms with van der Waals surface area (Å²) in [5.41, 5.74) is 2.27. The minimum absolute atomic E-state index is 0.0535. The third-order valence-electron chi connectivity index (χ3n) is 5.63. The van der Waals surface area contributed by atoms with Crippen molar-refractivity contribution < 1.29 is 18.7 Å². The Morgan fingerprint density at radius 3 is 2.53 bits per heavy atom. The summed E-state index contributed by atoms with van der Waals surface area (Å²) in [5.74, 6) is 0.692. The summed E-state index contributed by atoms with van der Waals surface area (Å²) in [7, 11) is 1.59. The van der Waals surface area contributed by atoms with Gasteiger partial charge in [-0.15, -0.1) is 0 Å². The zero-order valence-electron chi connectivity index (χ0n) is 18.7. The molecule has 7 heteroatoms. The Labute approximate surface area is 202 Å². The normalized spacial score (nSPS) is 15.1. The number of benzene rings is 2. The maximum absolute atomic E-state index is 13.3. The second kappa shape index (κ2) is 9.82. The van der Waals surface area contributed by atoms with Crippen molar-refractivity contribution in [3.05, 3.63) is 93.7 Å². The molecule has 0 radical (unpaired) electrons. The molecular weight excluding hydrogens is 452 g/mol. The number of halogens is 1. The summed E-state index contributed by atoms with van der Waals surface area (Å²) in [4.78, 5) is 27.2. The maximum atomic E-state index is 13.3. The molecule has 0 unspecified atom stereocenters. The SMILES string of the molecule is COc1ccc(CCN2C(=O)C(C#N)=C(C)/C(=C\c3ccc(-c4cccc(Cl)c4)o3)C2=O)cc1. The van der Waals surface area contributed by atoms with Crippen molar-refractivity contribution in [1.29, 1.82) is 5.26 Å². The number of ether oxygens (including phenoxy) is 1. The lowest BCUT2D eigenvalue weighted by molar-refractivity contribution is -0.140. The molecule has 1 aromatic heterocycles. The molecule has 0 saturated carbocycles. The smallest absolute Gasteiger partial charge is 0.271 e. The number of hydrogen-bond acceptors (Lipinski definition) is 5. The average molecular weight is 473 g/mol. The minimum Gasteiger partial charge on any atom is -0.497 e. The number of imide groups is 1. The molecule has 0 N–H and O–H groups in total. The molecule has 34 heavy (non-hydrogen) atoms. The third-order valence-corrected chi connectivity index (χ3v) is 5.87. The van der Waals surface area contributed by atoms with Crippen LogP contribution in [0.2, 0.25) is 5.02 Å². The van der Waals surface area contributed by atoms with Crippen LogP contribution in [0.4, 0.5) is 0 Å². The van der Waals surface area contributed by atoms with Gasteiger partial charge in [0.2, 0.25) is 0 Å². The Bertz CT molecular complexity index is 1360. The largest absolute Gasteiger partial charge is 0.497 e. The average Bonchev–Trinajstić information content (AvgIpc) is 3.31. The van der Waals surface area contributed by atoms with Crippen LogP contribution < -0.4 is 4.74 Å². The van der Waals surface area contributed by atoms with Crippen LogP contribution in [0.25, 0.3) is 17.4 Å². The molecule has 4 rings (SSSR count). The van der Waals surface area contributed by atoms with E-state index in [-0.39, 0.29) is 17.7 Å². The summed E-state index contributed by atoms with van der Waals surface area (Å²) >= 11 is 6.07. The van der Waals surface area contributed by atoms with Crippen LogP contribution in [0.3, 0.4) is 0 Å². The number of nitrogens with zero attached hydrogens (tertiary/aromatic N) is 2. The van der Waals surface area contributed by atoms with Crippen molar-refractivity contribution in [2.45, 2.75) is 13.3 Å². The molecule has 0 atom stereocenters. The van der Waals surface area contributed by atoms with E-state index in [4.69, 9.17) is 20.8 Å². The summed E-state index contributed by atoms with van der Waals surface area (Å²) in [5, 5.41) is 10.2. The van der Waals surface area contributed by atoms with Crippen LogP contribution in [0.15, 0.2) is 81.8 Å². The monoisotopic (exact) mass is 472 g/mol. The van der Waals surface area contributed by atoms with Gasteiger partial charge in [0, 0.05) is 22.7 Å². The molecular formula is C27H21ClN2O4. The van der Waals surface area contributed by atoms with E-state index in [9.17, 15) is 14.9 Å². The van der Waals surface area contributed by atoms with E-state index in [0.717, 1.165) is 21.8 Å². The van der Waals surface area contributed by atoms with E-state index in [2.05, 4.69) is 0 Å². The first kappa shape index (κ1) is 23.1. The van der Waals surface area contributed by atoms with E-state index in [1.165, 1.54) is 0 Å². The standard InChI is InChI=1S/C27H21ClN2O4/c1-17-23(15-22-10-11-25(34-22)19-4-3-5-20(28)14-19)26(31)30(27(32)24(17)16-29)13-12-18-6-8-21(33-2)9-7-18/h3-11,14-15H,12-13H2,1-2H3/b23-15+. The molecule has 1 aliphatic heterocycles. The highest BCUT2D eigenvalue weighted by molar-refractivity contribution is 6.30. The van der Waals surface area contributed by atoms with Crippen molar-refractivity contribution in [2.24, 2.45) is 0 Å². The topological polar surface area (TPSA) is 83.5 Å². The van der Waals surface area contributed by atoms with Gasteiger partial charge in [0.1, 0.15) is 28.9 Å². The third kappa shape index (κ3) is 4.66. The second-order valence-corrected chi connectivity index (χ2v) is 8.18. The van der Waals surface area contributed by atoms with Gasteiger partial charge in [-0.05, 0) is 67.0 Å². The highest BCUT2D eigenvalue weighted by Crippen LogP contribution is 2.30. The van der Waals surface area contributed by atoms with Crippen LogP contribution in [0.5, 0.6) is 5.75 Å². The van der Waals surface area contributed by atoms with E-state index in [1.54, 1.807) is 44.4 Å². The number of carbonyl (C=O) groups is 2. The van der Waals surface area contributed by atoms with Gasteiger partial charge in [-0.3, -0.25) is 14.5 Å². The highest BCUT2D eigenvalue weighted by Gasteiger charge is 2.35. The van der Waals surface area contributed by atoms with E-state index in [0.29, 0.717) is 28.5 Å². The first-order valence-electron chi connectivity index (χ1n) is 10.6. The van der Waals surface area contributed by atoms with Gasteiger partial charge in [0.15, 0.2) is 0 Å². The van der Waals surface area contributed by atoms with E-state index in [1.807, 2.05) is 42.5 Å². The lowest BCUT2D eigenvalue weighted by Crippen LogP contribution is -2.43. The maximum Gasteiger partial charge on any atom is 0.271 e. The molecule has 2 aromatic carbocycles. The van der Waals surface area contributed by atoms with Crippen LogP contribution in [-0.4, -0.2) is 30.4 Å². The Morgan fingerprint density at radius 2 is 1.85 bits per heavy atom. The second-order valence-electron chi connectivity index (χ2n) is 7.74. The molecule has 0 aliphatic carbocycles. The zero-order valence-corrected chi connectivity index (χ0v) is 19.4. The summed E-state index contributed by atoms with van der Waals surface area (Å²) in [6, 6.07) is 20.1. The van der Waals surface area contributed by atoms with E-state index < -0.39 is 11.8 Å². The summed E-state index contributed by atoms with van der Waals surface area (Å²) in [6.07, 6.45) is 2.02. The molecule has 0 bridgehead atoms. The van der Waals surface area contributed by atoms with Gasteiger partial charge in [-0.2, -0.15) is 5.26 Å². The Morgan fingerprint density at radius 1 is 1.09 bits per heavy atom. The van der Waals surface area contributed by atoms with Gasteiger partial charge >= 0.3 is 0 Å². The summed E-state index contributed by atoms with van der Waals surface area (Å²) < 4.78 is 11.1. The molecule has 0 spiro atoms. The highest BCUT2D eigenvalue weighted by atomic mass is 35.5. The van der Waals surface area contributed by atoms with Gasteiger partial charge in [0.25, 0.3) is 11.8 Å². The first-order valence-corrected chi connectivity index (χ1v) is 11.0. The number of rotatable bonds is 6. The predicted molar refractivity (Wildman–Crippen MR) is 129 cm³/mol. The Hall–Kier alpha value is -4.08. The van der Waals surface area contributed by atoms with Crippen molar-refractivity contribution >= 4 is 29.5 Å². The quantitative estimate of drug-likeness (QED) is 0.352. The molecule has 170 valence electrons. The number of nitriles is 1. The summed E-state index contributed by atoms with van der Waals surface area (Å²) in [6.45, 7) is 1.74. The molecule has 0 saturated heterocycles. The Balaban J connectivity index is 1.62. The van der Waals surface area contributed by atoms with Crippen molar-refractivity contribution in [3.8, 4) is 23.1 Å². The fourth-order valence-corrected chi connectivity index (χ4v) is 3.93. The van der Waals surface area contributed by atoms with Crippen molar-refractivity contribution in [1.82, 2.24) is 4.90 Å². The fraction of sp³-hybridized carbons (Fsp3) is 0.148. The molecule has 2 heterocycles. The predicted octanol–water partition coefficient (Wildman–Crippen LogP) is 5.44. The molecule has 1 aliphatic rings. The van der Waals surface area contributed by atoms with Crippen molar-refractivity contribution in [2.75, 3.05) is 13.7 Å². The number of furan rings is 1. The Kier molecular flexibility index (Phi) is 6.67. The zero-order chi connectivity index (χ0) is 24.2. The lowest BCUT2D eigenvalue weighted by atomic mass is 9.94. The van der Waals surface area contributed by atoms with Crippen molar-refractivity contribution in [3.63, 3.8) is 0 Å². The number of methoxy groups -OCH3 is 1. The van der Waals surface area contributed by atoms with Gasteiger partial charge in [-0.25, -0.2) is 0 Å². The van der Waals surface area contributed by atoms with Gasteiger partial charge in [-0.1, -0.05) is 35.9 Å². The van der Waals surface area contributed by atoms with Crippen LogP contribution >= 0.6 is 11.6 Å². The molecule has 3 aromatic rings. The first-order chi connectivity index (χ1) is 16.4. The minimum atomic E-state index is -0.588. The number of hydrogen-bond donors (Lipinski definition) is 0.